The number of hydrogen-bond acceptors (Lipinski definition) is 4. The molecule has 140 valence electrons. The molecule has 5 nitrogen and oxygen atoms in total. The fraction of sp³-hybridized carbons (Fsp3) is 0.632. The molecule has 1 saturated heterocycles. The molecule has 1 aromatic carbocycles. The van der Waals surface area contributed by atoms with Crippen LogP contribution in [-0.4, -0.2) is 50.6 Å². The van der Waals surface area contributed by atoms with Crippen molar-refractivity contribution in [3.63, 3.8) is 0 Å². The van der Waals surface area contributed by atoms with E-state index in [0.29, 0.717) is 16.5 Å². The van der Waals surface area contributed by atoms with Crippen molar-refractivity contribution in [1.29, 1.82) is 0 Å². The van der Waals surface area contributed by atoms with Gasteiger partial charge in [-0.25, -0.2) is 0 Å². The predicted octanol–water partition coefficient (Wildman–Crippen LogP) is 3.31. The van der Waals surface area contributed by atoms with Gasteiger partial charge in [0.25, 0.3) is 0 Å². The number of hydrogen-bond donors (Lipinski definition) is 2. The zero-order chi connectivity index (χ0) is 18.4. The Morgan fingerprint density at radius 2 is 2.08 bits per heavy atom. The molecule has 1 amide bonds. The van der Waals surface area contributed by atoms with Gasteiger partial charge in [0, 0.05) is 11.1 Å². The van der Waals surface area contributed by atoms with Gasteiger partial charge in [0.2, 0.25) is 5.91 Å². The Morgan fingerprint density at radius 3 is 2.68 bits per heavy atom. The van der Waals surface area contributed by atoms with Crippen molar-refractivity contribution < 1.29 is 9.53 Å². The molecule has 0 saturated carbocycles. The van der Waals surface area contributed by atoms with E-state index in [0.717, 1.165) is 44.0 Å². The molecule has 0 spiro atoms. The second-order valence-electron chi connectivity index (χ2n) is 6.84. The Balaban J connectivity index is 1.94. The maximum atomic E-state index is 12.7. The lowest BCUT2D eigenvalue weighted by Crippen LogP contribution is -2.46. The topological polar surface area (TPSA) is 53.6 Å². The summed E-state index contributed by atoms with van der Waals surface area (Å²) in [7, 11) is 3.57. The van der Waals surface area contributed by atoms with Gasteiger partial charge in [0.05, 0.1) is 18.8 Å². The molecule has 0 aromatic heterocycles. The largest absolute Gasteiger partial charge is 0.495 e. The van der Waals surface area contributed by atoms with Crippen molar-refractivity contribution in [3.05, 3.63) is 22.7 Å². The van der Waals surface area contributed by atoms with E-state index >= 15 is 0 Å². The van der Waals surface area contributed by atoms with Crippen LogP contribution in [0.4, 0.5) is 5.69 Å². The van der Waals surface area contributed by atoms with Crippen LogP contribution in [0.3, 0.4) is 0 Å². The van der Waals surface area contributed by atoms with Gasteiger partial charge >= 0.3 is 0 Å². The molecule has 1 aliphatic heterocycles. The molecule has 0 aliphatic carbocycles. The summed E-state index contributed by atoms with van der Waals surface area (Å²) in [5.74, 6) is 1.34. The number of halogens is 1. The monoisotopic (exact) mass is 367 g/mol. The summed E-state index contributed by atoms with van der Waals surface area (Å²) >= 11 is 6.13. The van der Waals surface area contributed by atoms with Gasteiger partial charge in [-0.15, -0.1) is 0 Å². The molecule has 2 rings (SSSR count). The number of methoxy groups -OCH3 is 1. The van der Waals surface area contributed by atoms with Crippen molar-refractivity contribution in [2.75, 3.05) is 39.1 Å². The second kappa shape index (κ2) is 9.41. The number of nitrogens with one attached hydrogen (secondary N) is 2. The molecular weight excluding hydrogens is 338 g/mol. The Hall–Kier alpha value is -1.30. The summed E-state index contributed by atoms with van der Waals surface area (Å²) in [4.78, 5) is 14.9. The molecule has 1 aliphatic rings. The number of carbonyl (C=O) groups excluding carboxylic acids is 1. The highest BCUT2D eigenvalue weighted by atomic mass is 35.5. The highest BCUT2D eigenvalue weighted by Crippen LogP contribution is 2.31. The number of aryl methyl sites for hydroxylation is 1. The molecule has 0 radical (unpaired) electrons. The third-order valence-electron chi connectivity index (χ3n) is 5.12. The van der Waals surface area contributed by atoms with Crippen LogP contribution in [0.15, 0.2) is 12.1 Å². The molecule has 6 heteroatoms. The Labute approximate surface area is 156 Å². The summed E-state index contributed by atoms with van der Waals surface area (Å²) in [6, 6.07) is 3.44. The standard InChI is InChI=1S/C19H30ClN3O2/c1-13-11-17(18(25-4)12-16(13)20)22-19(24)14(2)23-9-6-15(7-10-23)5-8-21-3/h11-12,14-15,21H,5-10H2,1-4H3,(H,22,24). The fourth-order valence-corrected chi connectivity index (χ4v) is 3.46. The molecule has 0 bridgehead atoms. The second-order valence-corrected chi connectivity index (χ2v) is 7.25. The quantitative estimate of drug-likeness (QED) is 0.776. The van der Waals surface area contributed by atoms with Crippen LogP contribution in [0.1, 0.15) is 31.7 Å². The van der Waals surface area contributed by atoms with E-state index in [2.05, 4.69) is 15.5 Å². The first kappa shape index (κ1) is 20.0. The summed E-state index contributed by atoms with van der Waals surface area (Å²) in [5.41, 5.74) is 1.58. The van der Waals surface area contributed by atoms with E-state index in [9.17, 15) is 4.79 Å². The number of amides is 1. The average molecular weight is 368 g/mol. The van der Waals surface area contributed by atoms with Crippen LogP contribution in [0.5, 0.6) is 5.75 Å². The number of benzene rings is 1. The average Bonchev–Trinajstić information content (AvgIpc) is 2.62. The third kappa shape index (κ3) is 5.33. The fourth-order valence-electron chi connectivity index (χ4n) is 3.31. The Morgan fingerprint density at radius 1 is 1.40 bits per heavy atom. The van der Waals surface area contributed by atoms with Gasteiger partial charge in [-0.05, 0) is 77.3 Å². The maximum Gasteiger partial charge on any atom is 0.241 e. The van der Waals surface area contributed by atoms with Crippen LogP contribution < -0.4 is 15.4 Å². The summed E-state index contributed by atoms with van der Waals surface area (Å²) < 4.78 is 5.34. The number of nitrogens with zero attached hydrogens (tertiary/aromatic N) is 1. The summed E-state index contributed by atoms with van der Waals surface area (Å²) in [6.45, 7) is 6.89. The van der Waals surface area contributed by atoms with E-state index < -0.39 is 0 Å². The number of piperidine rings is 1. The van der Waals surface area contributed by atoms with E-state index in [1.54, 1.807) is 13.2 Å². The van der Waals surface area contributed by atoms with Gasteiger partial charge in [0.1, 0.15) is 5.75 Å². The SMILES string of the molecule is CNCCC1CCN(C(C)C(=O)Nc2cc(C)c(Cl)cc2OC)CC1. The lowest BCUT2D eigenvalue weighted by atomic mass is 9.93. The number of anilines is 1. The van der Waals surface area contributed by atoms with Crippen molar-refractivity contribution in [3.8, 4) is 5.75 Å². The van der Waals surface area contributed by atoms with Gasteiger partial charge < -0.3 is 15.4 Å². The van der Waals surface area contributed by atoms with E-state index in [4.69, 9.17) is 16.3 Å². The zero-order valence-electron chi connectivity index (χ0n) is 15.7. The molecule has 2 N–H and O–H groups in total. The first-order chi connectivity index (χ1) is 12.0. The Bertz CT molecular complexity index is 586. The molecule has 25 heavy (non-hydrogen) atoms. The number of carbonyl (C=O) groups is 1. The van der Waals surface area contributed by atoms with E-state index in [1.807, 2.05) is 27.0 Å². The summed E-state index contributed by atoms with van der Waals surface area (Å²) in [6.07, 6.45) is 3.53. The van der Waals surface area contributed by atoms with Gasteiger partial charge in [-0.3, -0.25) is 9.69 Å². The van der Waals surface area contributed by atoms with Crippen LogP contribution in [-0.2, 0) is 4.79 Å². The lowest BCUT2D eigenvalue weighted by molar-refractivity contribution is -0.121. The van der Waals surface area contributed by atoms with Gasteiger partial charge in [-0.1, -0.05) is 11.6 Å². The van der Waals surface area contributed by atoms with Crippen LogP contribution in [0, 0.1) is 12.8 Å². The van der Waals surface area contributed by atoms with Crippen molar-refractivity contribution in [1.82, 2.24) is 10.2 Å². The van der Waals surface area contributed by atoms with Crippen molar-refractivity contribution in [2.45, 2.75) is 39.2 Å². The molecule has 1 unspecified atom stereocenters. The smallest absolute Gasteiger partial charge is 0.241 e. The lowest BCUT2D eigenvalue weighted by Gasteiger charge is -2.35. The molecule has 1 heterocycles. The molecule has 1 aromatic rings. The minimum absolute atomic E-state index is 0.00584. The molecule has 1 atom stereocenters. The highest BCUT2D eigenvalue weighted by molar-refractivity contribution is 6.31. The highest BCUT2D eigenvalue weighted by Gasteiger charge is 2.27. The maximum absolute atomic E-state index is 12.7. The molecular formula is C19H30ClN3O2. The van der Waals surface area contributed by atoms with Crippen LogP contribution in [0.2, 0.25) is 5.02 Å². The van der Waals surface area contributed by atoms with Crippen molar-refractivity contribution >= 4 is 23.2 Å². The number of rotatable bonds is 7. The van der Waals surface area contributed by atoms with Crippen molar-refractivity contribution in [2.24, 2.45) is 5.92 Å². The van der Waals surface area contributed by atoms with Gasteiger partial charge in [0.15, 0.2) is 0 Å². The normalized spacial score (nSPS) is 17.3. The van der Waals surface area contributed by atoms with E-state index in [1.165, 1.54) is 6.42 Å². The predicted molar refractivity (Wildman–Crippen MR) is 104 cm³/mol. The zero-order valence-corrected chi connectivity index (χ0v) is 16.4. The number of likely N-dealkylation sites (tertiary alicyclic amines) is 1. The minimum Gasteiger partial charge on any atom is -0.495 e. The van der Waals surface area contributed by atoms with Crippen LogP contribution >= 0.6 is 11.6 Å². The number of ether oxygens (including phenoxy) is 1. The Kier molecular flexibility index (Phi) is 7.54. The first-order valence-electron chi connectivity index (χ1n) is 9.00. The minimum atomic E-state index is -0.161. The molecule has 1 fully saturated rings. The van der Waals surface area contributed by atoms with E-state index in [-0.39, 0.29) is 11.9 Å². The van der Waals surface area contributed by atoms with Crippen LogP contribution in [0.25, 0.3) is 0 Å². The first-order valence-corrected chi connectivity index (χ1v) is 9.37. The van der Waals surface area contributed by atoms with Gasteiger partial charge in [-0.2, -0.15) is 0 Å². The third-order valence-corrected chi connectivity index (χ3v) is 5.52. The summed E-state index contributed by atoms with van der Waals surface area (Å²) in [5, 5.41) is 6.84.